The molecule has 0 saturated heterocycles. The molecule has 0 aromatic heterocycles. The van der Waals surface area contributed by atoms with Crippen LogP contribution in [0.15, 0.2) is 0 Å². The molecule has 1 amide bonds. The molecule has 3 heteroatoms. The molecular formula is C7H16N2O. The highest BCUT2D eigenvalue weighted by molar-refractivity contribution is 5.76. The van der Waals surface area contributed by atoms with E-state index >= 15 is 0 Å². The molecule has 0 aromatic rings. The van der Waals surface area contributed by atoms with Crippen molar-refractivity contribution in [2.75, 3.05) is 13.6 Å². The number of nitrogens with one attached hydrogen (secondary N) is 1. The van der Waals surface area contributed by atoms with Crippen molar-refractivity contribution in [2.24, 2.45) is 11.7 Å². The van der Waals surface area contributed by atoms with Crippen molar-refractivity contribution in [3.8, 4) is 0 Å². The molecule has 0 aliphatic rings. The number of hydrogen-bond donors (Lipinski definition) is 2. The number of rotatable bonds is 5. The van der Waals surface area contributed by atoms with Crippen LogP contribution in [0.1, 0.15) is 19.8 Å². The van der Waals surface area contributed by atoms with Gasteiger partial charge in [0.15, 0.2) is 0 Å². The molecule has 0 rings (SSSR count). The monoisotopic (exact) mass is 144 g/mol. The predicted molar refractivity (Wildman–Crippen MR) is 41.5 cm³/mol. The van der Waals surface area contributed by atoms with Crippen LogP contribution < -0.4 is 11.1 Å². The molecule has 0 aliphatic carbocycles. The summed E-state index contributed by atoms with van der Waals surface area (Å²) in [5.74, 6) is -0.176. The minimum Gasteiger partial charge on any atom is -0.369 e. The van der Waals surface area contributed by atoms with Crippen LogP contribution in [0.3, 0.4) is 0 Å². The van der Waals surface area contributed by atoms with Gasteiger partial charge in [-0.05, 0) is 26.4 Å². The lowest BCUT2D eigenvalue weighted by atomic mass is 10.1. The normalized spacial score (nSPS) is 13.0. The fourth-order valence-corrected chi connectivity index (χ4v) is 0.727. The van der Waals surface area contributed by atoms with Crippen molar-refractivity contribution < 1.29 is 4.79 Å². The third-order valence-corrected chi connectivity index (χ3v) is 1.55. The molecule has 0 bridgehead atoms. The second kappa shape index (κ2) is 5.23. The Bertz CT molecular complexity index is 104. The Balaban J connectivity index is 3.21. The van der Waals surface area contributed by atoms with Crippen molar-refractivity contribution in [2.45, 2.75) is 19.8 Å². The van der Waals surface area contributed by atoms with Crippen molar-refractivity contribution in [3.05, 3.63) is 0 Å². The van der Waals surface area contributed by atoms with Gasteiger partial charge in [0.05, 0.1) is 0 Å². The van der Waals surface area contributed by atoms with Gasteiger partial charge in [0.1, 0.15) is 0 Å². The zero-order chi connectivity index (χ0) is 7.98. The molecule has 0 radical (unpaired) electrons. The number of amides is 1. The first-order chi connectivity index (χ1) is 4.68. The first kappa shape index (κ1) is 9.43. The SMILES string of the molecule is CNCCCC(C)C(N)=O. The zero-order valence-corrected chi connectivity index (χ0v) is 6.68. The average Bonchev–Trinajstić information content (AvgIpc) is 1.88. The van der Waals surface area contributed by atoms with E-state index < -0.39 is 0 Å². The number of carbonyl (C=O) groups is 1. The van der Waals surface area contributed by atoms with Crippen LogP contribution >= 0.6 is 0 Å². The first-order valence-electron chi connectivity index (χ1n) is 3.62. The van der Waals surface area contributed by atoms with Crippen molar-refractivity contribution in [1.82, 2.24) is 5.32 Å². The quantitative estimate of drug-likeness (QED) is 0.538. The molecule has 1 unspecified atom stereocenters. The largest absolute Gasteiger partial charge is 0.369 e. The second-order valence-electron chi connectivity index (χ2n) is 2.55. The maximum Gasteiger partial charge on any atom is 0.220 e. The van der Waals surface area contributed by atoms with Crippen LogP contribution in [0.4, 0.5) is 0 Å². The highest BCUT2D eigenvalue weighted by atomic mass is 16.1. The fraction of sp³-hybridized carbons (Fsp3) is 0.857. The molecule has 1 atom stereocenters. The summed E-state index contributed by atoms with van der Waals surface area (Å²) in [6.07, 6.45) is 1.90. The van der Waals surface area contributed by atoms with Crippen LogP contribution in [0.2, 0.25) is 0 Å². The highest BCUT2D eigenvalue weighted by Gasteiger charge is 2.06. The van der Waals surface area contributed by atoms with Gasteiger partial charge in [-0.25, -0.2) is 0 Å². The lowest BCUT2D eigenvalue weighted by Crippen LogP contribution is -2.21. The van der Waals surface area contributed by atoms with E-state index in [1.54, 1.807) is 0 Å². The standard InChI is InChI=1S/C7H16N2O/c1-6(7(8)10)4-3-5-9-2/h6,9H,3-5H2,1-2H3,(H2,8,10). The summed E-state index contributed by atoms with van der Waals surface area (Å²) in [6, 6.07) is 0. The van der Waals surface area contributed by atoms with Crippen LogP contribution in [-0.2, 0) is 4.79 Å². The molecular weight excluding hydrogens is 128 g/mol. The minimum absolute atomic E-state index is 0.0216. The summed E-state index contributed by atoms with van der Waals surface area (Å²) in [5, 5.41) is 3.01. The van der Waals surface area contributed by atoms with Gasteiger partial charge in [-0.2, -0.15) is 0 Å². The average molecular weight is 144 g/mol. The highest BCUT2D eigenvalue weighted by Crippen LogP contribution is 2.02. The molecule has 0 aliphatic heterocycles. The third kappa shape index (κ3) is 4.32. The molecule has 10 heavy (non-hydrogen) atoms. The van der Waals surface area contributed by atoms with E-state index in [0.717, 1.165) is 19.4 Å². The molecule has 3 nitrogen and oxygen atoms in total. The Hall–Kier alpha value is -0.570. The lowest BCUT2D eigenvalue weighted by Gasteiger charge is -2.04. The predicted octanol–water partition coefficient (Wildman–Crippen LogP) is 0.107. The fourth-order valence-electron chi connectivity index (χ4n) is 0.727. The first-order valence-corrected chi connectivity index (χ1v) is 3.62. The van der Waals surface area contributed by atoms with E-state index in [2.05, 4.69) is 5.32 Å². The Labute approximate surface area is 62.0 Å². The molecule has 0 heterocycles. The van der Waals surface area contributed by atoms with E-state index in [-0.39, 0.29) is 11.8 Å². The van der Waals surface area contributed by atoms with Crippen LogP contribution in [-0.4, -0.2) is 19.5 Å². The topological polar surface area (TPSA) is 55.1 Å². The van der Waals surface area contributed by atoms with Gasteiger partial charge in [0.25, 0.3) is 0 Å². The smallest absolute Gasteiger partial charge is 0.220 e. The van der Waals surface area contributed by atoms with Crippen molar-refractivity contribution >= 4 is 5.91 Å². The maximum absolute atomic E-state index is 10.5. The summed E-state index contributed by atoms with van der Waals surface area (Å²) >= 11 is 0. The molecule has 0 saturated carbocycles. The van der Waals surface area contributed by atoms with E-state index in [0.29, 0.717) is 0 Å². The van der Waals surface area contributed by atoms with Crippen LogP contribution in [0.5, 0.6) is 0 Å². The van der Waals surface area contributed by atoms with Gasteiger partial charge in [-0.3, -0.25) is 4.79 Å². The van der Waals surface area contributed by atoms with E-state index in [1.165, 1.54) is 0 Å². The zero-order valence-electron chi connectivity index (χ0n) is 6.68. The van der Waals surface area contributed by atoms with E-state index in [4.69, 9.17) is 5.73 Å². The van der Waals surface area contributed by atoms with Crippen LogP contribution in [0, 0.1) is 5.92 Å². The third-order valence-electron chi connectivity index (χ3n) is 1.55. The number of carbonyl (C=O) groups excluding carboxylic acids is 1. The molecule has 0 fully saturated rings. The summed E-state index contributed by atoms with van der Waals surface area (Å²) in [7, 11) is 1.90. The van der Waals surface area contributed by atoms with E-state index in [9.17, 15) is 4.79 Å². The van der Waals surface area contributed by atoms with Gasteiger partial charge in [-0.15, -0.1) is 0 Å². The lowest BCUT2D eigenvalue weighted by molar-refractivity contribution is -0.121. The van der Waals surface area contributed by atoms with Crippen molar-refractivity contribution in [3.63, 3.8) is 0 Å². The Kier molecular flexibility index (Phi) is 4.94. The summed E-state index contributed by atoms with van der Waals surface area (Å²) in [6.45, 7) is 2.82. The Morgan fingerprint density at radius 1 is 1.70 bits per heavy atom. The Morgan fingerprint density at radius 3 is 2.70 bits per heavy atom. The number of primary amides is 1. The number of hydrogen-bond acceptors (Lipinski definition) is 2. The van der Waals surface area contributed by atoms with Crippen LogP contribution in [0.25, 0.3) is 0 Å². The van der Waals surface area contributed by atoms with Gasteiger partial charge < -0.3 is 11.1 Å². The van der Waals surface area contributed by atoms with Gasteiger partial charge in [0.2, 0.25) is 5.91 Å². The van der Waals surface area contributed by atoms with Gasteiger partial charge in [0, 0.05) is 5.92 Å². The number of nitrogens with two attached hydrogens (primary N) is 1. The summed E-state index contributed by atoms with van der Waals surface area (Å²) in [5.41, 5.74) is 5.06. The van der Waals surface area contributed by atoms with Gasteiger partial charge in [-0.1, -0.05) is 6.92 Å². The molecule has 3 N–H and O–H groups in total. The van der Waals surface area contributed by atoms with Gasteiger partial charge >= 0.3 is 0 Å². The molecule has 0 spiro atoms. The molecule has 60 valence electrons. The van der Waals surface area contributed by atoms with E-state index in [1.807, 2.05) is 14.0 Å². The summed E-state index contributed by atoms with van der Waals surface area (Å²) < 4.78 is 0. The Morgan fingerprint density at radius 2 is 2.30 bits per heavy atom. The molecule has 0 aromatic carbocycles. The summed E-state index contributed by atoms with van der Waals surface area (Å²) in [4.78, 5) is 10.5. The minimum atomic E-state index is -0.198. The van der Waals surface area contributed by atoms with Crippen molar-refractivity contribution in [1.29, 1.82) is 0 Å². The maximum atomic E-state index is 10.5. The second-order valence-corrected chi connectivity index (χ2v) is 2.55.